The van der Waals surface area contributed by atoms with E-state index in [0.29, 0.717) is 24.6 Å². The van der Waals surface area contributed by atoms with E-state index < -0.39 is 0 Å². The molecule has 2 heterocycles. The van der Waals surface area contributed by atoms with Gasteiger partial charge in [-0.2, -0.15) is 0 Å². The van der Waals surface area contributed by atoms with E-state index in [1.165, 1.54) is 0 Å². The fraction of sp³-hybridized carbons (Fsp3) is 0.700. The molecule has 1 saturated heterocycles. The predicted molar refractivity (Wildman–Crippen MR) is 100 cm³/mol. The molecule has 0 saturated carbocycles. The zero-order chi connectivity index (χ0) is 18.4. The first-order valence-electron chi connectivity index (χ1n) is 9.45. The third-order valence-electron chi connectivity index (χ3n) is 5.08. The van der Waals surface area contributed by atoms with Crippen molar-refractivity contribution >= 4 is 5.91 Å². The van der Waals surface area contributed by atoms with Crippen LogP contribution in [0.4, 0.5) is 0 Å². The largest absolute Gasteiger partial charge is 0.385 e. The van der Waals surface area contributed by atoms with E-state index >= 15 is 0 Å². The Balaban J connectivity index is 2.27. The van der Waals surface area contributed by atoms with Crippen molar-refractivity contribution in [2.24, 2.45) is 5.92 Å². The van der Waals surface area contributed by atoms with Gasteiger partial charge in [0.2, 0.25) is 0 Å². The zero-order valence-electron chi connectivity index (χ0n) is 16.1. The van der Waals surface area contributed by atoms with Gasteiger partial charge in [0.1, 0.15) is 5.56 Å². The minimum atomic E-state index is -0.151. The number of methoxy groups -OCH3 is 1. The highest BCUT2D eigenvalue weighted by molar-refractivity contribution is 5.95. The van der Waals surface area contributed by atoms with Crippen LogP contribution in [0.3, 0.4) is 0 Å². The molecule has 1 atom stereocenters. The lowest BCUT2D eigenvalue weighted by Gasteiger charge is -2.36. The van der Waals surface area contributed by atoms with Crippen LogP contribution >= 0.6 is 0 Å². The Bertz CT molecular complexity index is 636. The number of carbonyl (C=O) groups excluding carboxylic acids is 1. The van der Waals surface area contributed by atoms with Crippen LogP contribution in [0.2, 0.25) is 0 Å². The lowest BCUT2D eigenvalue weighted by molar-refractivity contribution is 0.0550. The molecule has 0 aromatic carbocycles. The van der Waals surface area contributed by atoms with Crippen LogP contribution < -0.4 is 5.56 Å². The highest BCUT2D eigenvalue weighted by Crippen LogP contribution is 2.22. The van der Waals surface area contributed by atoms with E-state index in [4.69, 9.17) is 4.74 Å². The van der Waals surface area contributed by atoms with Gasteiger partial charge in [-0.1, -0.05) is 13.8 Å². The van der Waals surface area contributed by atoms with E-state index in [0.717, 1.165) is 44.2 Å². The molecule has 2 rings (SSSR count). The van der Waals surface area contributed by atoms with Gasteiger partial charge in [-0.3, -0.25) is 9.59 Å². The molecule has 1 unspecified atom stereocenters. The summed E-state index contributed by atoms with van der Waals surface area (Å²) in [6.45, 7) is 8.16. The molecule has 0 spiro atoms. The number of pyridine rings is 1. The molecule has 5 heteroatoms. The van der Waals surface area contributed by atoms with Crippen LogP contribution in [0.5, 0.6) is 0 Å². The molecule has 0 aliphatic carbocycles. The SMILES string of the molecule is COCCC1CCCCN1C(=O)c1c(C)ccn(CCC(C)C)c1=O. The summed E-state index contributed by atoms with van der Waals surface area (Å²) >= 11 is 0. The maximum Gasteiger partial charge on any atom is 0.263 e. The van der Waals surface area contributed by atoms with Gasteiger partial charge in [-0.15, -0.1) is 0 Å². The summed E-state index contributed by atoms with van der Waals surface area (Å²) in [5.41, 5.74) is 0.962. The molecular weight excluding hydrogens is 316 g/mol. The molecule has 1 amide bonds. The van der Waals surface area contributed by atoms with Crippen molar-refractivity contribution < 1.29 is 9.53 Å². The van der Waals surface area contributed by atoms with Crippen LogP contribution in [0, 0.1) is 12.8 Å². The number of hydrogen-bond donors (Lipinski definition) is 0. The minimum Gasteiger partial charge on any atom is -0.385 e. The van der Waals surface area contributed by atoms with E-state index in [2.05, 4.69) is 13.8 Å². The van der Waals surface area contributed by atoms with Crippen molar-refractivity contribution in [3.8, 4) is 0 Å². The first-order chi connectivity index (χ1) is 12.0. The van der Waals surface area contributed by atoms with Gasteiger partial charge in [0.25, 0.3) is 11.5 Å². The second kappa shape index (κ2) is 9.18. The molecule has 0 radical (unpaired) electrons. The van der Waals surface area contributed by atoms with Gasteiger partial charge in [0, 0.05) is 39.0 Å². The molecule has 140 valence electrons. The maximum atomic E-state index is 13.2. The summed E-state index contributed by atoms with van der Waals surface area (Å²) in [5.74, 6) is 0.412. The van der Waals surface area contributed by atoms with Gasteiger partial charge in [0.05, 0.1) is 0 Å². The Morgan fingerprint density at radius 1 is 1.36 bits per heavy atom. The molecule has 1 aromatic heterocycles. The second-order valence-electron chi connectivity index (χ2n) is 7.48. The normalized spacial score (nSPS) is 18.0. The van der Waals surface area contributed by atoms with Gasteiger partial charge < -0.3 is 14.2 Å². The number of carbonyl (C=O) groups is 1. The summed E-state index contributed by atoms with van der Waals surface area (Å²) in [7, 11) is 1.68. The number of likely N-dealkylation sites (tertiary alicyclic amines) is 1. The smallest absolute Gasteiger partial charge is 0.263 e. The van der Waals surface area contributed by atoms with Crippen molar-refractivity contribution in [1.29, 1.82) is 0 Å². The fourth-order valence-corrected chi connectivity index (χ4v) is 3.46. The first kappa shape index (κ1) is 19.7. The molecule has 1 fully saturated rings. The zero-order valence-corrected chi connectivity index (χ0v) is 16.1. The third kappa shape index (κ3) is 4.94. The molecule has 1 aliphatic rings. The summed E-state index contributed by atoms with van der Waals surface area (Å²) in [6.07, 6.45) is 6.69. The number of piperidine rings is 1. The van der Waals surface area contributed by atoms with Crippen molar-refractivity contribution in [2.45, 2.75) is 65.5 Å². The Kier molecular flexibility index (Phi) is 7.24. The quantitative estimate of drug-likeness (QED) is 0.760. The van der Waals surface area contributed by atoms with Crippen molar-refractivity contribution in [1.82, 2.24) is 9.47 Å². The van der Waals surface area contributed by atoms with Crippen molar-refractivity contribution in [3.63, 3.8) is 0 Å². The van der Waals surface area contributed by atoms with Gasteiger partial charge in [-0.25, -0.2) is 0 Å². The number of nitrogens with zero attached hydrogens (tertiary/aromatic N) is 2. The van der Waals surface area contributed by atoms with Crippen molar-refractivity contribution in [3.05, 3.63) is 33.7 Å². The molecule has 1 aliphatic heterocycles. The number of ether oxygens (including phenoxy) is 1. The maximum absolute atomic E-state index is 13.2. The van der Waals surface area contributed by atoms with Crippen LogP contribution in [0.25, 0.3) is 0 Å². The molecule has 1 aromatic rings. The van der Waals surface area contributed by atoms with Crippen LogP contribution in [-0.2, 0) is 11.3 Å². The Morgan fingerprint density at radius 2 is 2.12 bits per heavy atom. The number of rotatable bonds is 7. The third-order valence-corrected chi connectivity index (χ3v) is 5.08. The standard InChI is InChI=1S/C20H32N2O3/c1-15(2)8-12-21-13-9-16(3)18(19(21)23)20(24)22-11-6-5-7-17(22)10-14-25-4/h9,13,15,17H,5-8,10-12,14H2,1-4H3. The monoisotopic (exact) mass is 348 g/mol. The number of hydrogen-bond acceptors (Lipinski definition) is 3. The lowest BCUT2D eigenvalue weighted by Crippen LogP contribution is -2.46. The average molecular weight is 348 g/mol. The highest BCUT2D eigenvalue weighted by Gasteiger charge is 2.29. The van der Waals surface area contributed by atoms with Gasteiger partial charge >= 0.3 is 0 Å². The molecule has 25 heavy (non-hydrogen) atoms. The number of aromatic nitrogens is 1. The van der Waals surface area contributed by atoms with Crippen LogP contribution in [0.15, 0.2) is 17.1 Å². The molecular formula is C20H32N2O3. The topological polar surface area (TPSA) is 51.5 Å². The Labute approximate surface area is 151 Å². The summed E-state index contributed by atoms with van der Waals surface area (Å²) in [6, 6.07) is 2.06. The van der Waals surface area contributed by atoms with E-state index in [9.17, 15) is 9.59 Å². The Morgan fingerprint density at radius 3 is 2.80 bits per heavy atom. The lowest BCUT2D eigenvalue weighted by atomic mass is 9.98. The van der Waals surface area contributed by atoms with Crippen LogP contribution in [-0.4, -0.2) is 41.7 Å². The van der Waals surface area contributed by atoms with Gasteiger partial charge in [-0.05, 0) is 56.6 Å². The molecule has 0 bridgehead atoms. The molecule has 0 N–H and O–H groups in total. The highest BCUT2D eigenvalue weighted by atomic mass is 16.5. The fourth-order valence-electron chi connectivity index (χ4n) is 3.46. The van der Waals surface area contributed by atoms with Crippen molar-refractivity contribution in [2.75, 3.05) is 20.3 Å². The second-order valence-corrected chi connectivity index (χ2v) is 7.48. The summed E-state index contributed by atoms with van der Waals surface area (Å²) in [5, 5.41) is 0. The number of amides is 1. The minimum absolute atomic E-state index is 0.109. The average Bonchev–Trinajstić information content (AvgIpc) is 2.59. The van der Waals surface area contributed by atoms with Gasteiger partial charge in [0.15, 0.2) is 0 Å². The predicted octanol–water partition coefficient (Wildman–Crippen LogP) is 3.23. The van der Waals surface area contributed by atoms with Crippen LogP contribution in [0.1, 0.15) is 61.9 Å². The van der Waals surface area contributed by atoms with E-state index in [1.54, 1.807) is 11.7 Å². The Hall–Kier alpha value is -1.62. The summed E-state index contributed by atoms with van der Waals surface area (Å²) < 4.78 is 6.88. The van der Waals surface area contributed by atoms with E-state index in [1.807, 2.05) is 24.1 Å². The molecule has 5 nitrogen and oxygen atoms in total. The first-order valence-corrected chi connectivity index (χ1v) is 9.45. The summed E-state index contributed by atoms with van der Waals surface area (Å²) in [4.78, 5) is 28.0. The van der Waals surface area contributed by atoms with E-state index in [-0.39, 0.29) is 17.5 Å². The number of aryl methyl sites for hydroxylation is 2.